The molecule has 136 valence electrons. The van der Waals surface area contributed by atoms with Crippen molar-refractivity contribution in [3.8, 4) is 0 Å². The zero-order valence-corrected chi connectivity index (χ0v) is 16.3. The smallest absolute Gasteiger partial charge is 0.146 e. The van der Waals surface area contributed by atoms with Crippen LogP contribution in [-0.2, 0) is 0 Å². The average molecular weight is 377 g/mol. The van der Waals surface area contributed by atoms with Crippen LogP contribution in [0.1, 0.15) is 29.8 Å². The third-order valence-electron chi connectivity index (χ3n) is 5.11. The van der Waals surface area contributed by atoms with E-state index in [0.29, 0.717) is 5.02 Å². The van der Waals surface area contributed by atoms with Crippen LogP contribution in [0, 0.1) is 13.8 Å². The van der Waals surface area contributed by atoms with Crippen molar-refractivity contribution in [1.29, 1.82) is 0 Å². The summed E-state index contributed by atoms with van der Waals surface area (Å²) in [4.78, 5) is 9.12. The van der Waals surface area contributed by atoms with Gasteiger partial charge in [-0.15, -0.1) is 0 Å². The Labute approximate surface area is 163 Å². The van der Waals surface area contributed by atoms with Gasteiger partial charge in [0.2, 0.25) is 0 Å². The van der Waals surface area contributed by atoms with Gasteiger partial charge in [0.15, 0.2) is 0 Å². The Morgan fingerprint density at radius 3 is 2.37 bits per heavy atom. The molecule has 0 amide bonds. The molecule has 0 bridgehead atoms. The molecule has 0 saturated heterocycles. The maximum Gasteiger partial charge on any atom is 0.146 e. The molecular formula is C22H21ClN4. The molecule has 4 rings (SSSR count). The Balaban J connectivity index is 1.83. The summed E-state index contributed by atoms with van der Waals surface area (Å²) in [5.41, 5.74) is 5.52. The second kappa shape index (κ2) is 7.05. The van der Waals surface area contributed by atoms with Crippen LogP contribution in [0.5, 0.6) is 0 Å². The number of aryl methyl sites for hydroxylation is 1. The predicted octanol–water partition coefficient (Wildman–Crippen LogP) is 6.05. The lowest BCUT2D eigenvalue weighted by molar-refractivity contribution is 0.639. The van der Waals surface area contributed by atoms with E-state index in [9.17, 15) is 0 Å². The molecule has 2 aromatic carbocycles. The molecule has 0 fully saturated rings. The Kier molecular flexibility index (Phi) is 4.58. The Morgan fingerprint density at radius 1 is 0.963 bits per heavy atom. The fraction of sp³-hybridized carbons (Fsp3) is 0.182. The topological polar surface area (TPSA) is 42.7 Å². The summed E-state index contributed by atoms with van der Waals surface area (Å²) in [5, 5.41) is 5.17. The van der Waals surface area contributed by atoms with E-state index >= 15 is 0 Å². The fourth-order valence-corrected chi connectivity index (χ4v) is 3.67. The second-order valence-electron chi connectivity index (χ2n) is 6.72. The van der Waals surface area contributed by atoms with Crippen LogP contribution in [0.2, 0.25) is 5.02 Å². The van der Waals surface area contributed by atoms with Gasteiger partial charge in [-0.25, -0.2) is 9.97 Å². The number of anilines is 2. The lowest BCUT2D eigenvalue weighted by atomic mass is 10.1. The molecule has 4 nitrogen and oxygen atoms in total. The Morgan fingerprint density at radius 2 is 1.67 bits per heavy atom. The summed E-state index contributed by atoms with van der Waals surface area (Å²) in [6, 6.07) is 18.3. The highest BCUT2D eigenvalue weighted by molar-refractivity contribution is 6.30. The standard InChI is InChI=1S/C22H21ClN4/c1-14-15(2)27(16(3)17-7-5-4-6-8-17)22-20(14)21(24-13-25-22)26-19-11-9-18(23)10-12-19/h4-13,16H,1-3H3,(H,24,25,26). The predicted molar refractivity (Wildman–Crippen MR) is 112 cm³/mol. The molecule has 0 aliphatic carbocycles. The van der Waals surface area contributed by atoms with Gasteiger partial charge in [-0.05, 0) is 56.2 Å². The number of fused-ring (bicyclic) bond motifs is 1. The maximum atomic E-state index is 6.00. The zero-order valence-electron chi connectivity index (χ0n) is 15.6. The minimum Gasteiger partial charge on any atom is -0.340 e. The third-order valence-corrected chi connectivity index (χ3v) is 5.36. The van der Waals surface area contributed by atoms with Crippen molar-refractivity contribution in [2.24, 2.45) is 0 Å². The SMILES string of the molecule is Cc1c(C)n(C(C)c2ccccc2)c2ncnc(Nc3ccc(Cl)cc3)c12. The lowest BCUT2D eigenvalue weighted by Crippen LogP contribution is -2.09. The number of rotatable bonds is 4. The molecule has 0 radical (unpaired) electrons. The number of hydrogen-bond donors (Lipinski definition) is 1. The van der Waals surface area contributed by atoms with Crippen molar-refractivity contribution >= 4 is 34.1 Å². The van der Waals surface area contributed by atoms with Crippen LogP contribution >= 0.6 is 11.6 Å². The number of aromatic nitrogens is 3. The van der Waals surface area contributed by atoms with Crippen molar-refractivity contribution in [3.05, 3.63) is 82.8 Å². The number of halogens is 1. The summed E-state index contributed by atoms with van der Waals surface area (Å²) >= 11 is 6.00. The van der Waals surface area contributed by atoms with Gasteiger partial charge in [0.1, 0.15) is 17.8 Å². The van der Waals surface area contributed by atoms with Gasteiger partial charge in [-0.2, -0.15) is 0 Å². The summed E-state index contributed by atoms with van der Waals surface area (Å²) in [6.07, 6.45) is 1.62. The van der Waals surface area contributed by atoms with Gasteiger partial charge in [0, 0.05) is 16.4 Å². The van der Waals surface area contributed by atoms with Crippen LogP contribution in [0.15, 0.2) is 60.9 Å². The van der Waals surface area contributed by atoms with Crippen molar-refractivity contribution in [3.63, 3.8) is 0 Å². The van der Waals surface area contributed by atoms with Crippen molar-refractivity contribution in [2.45, 2.75) is 26.8 Å². The van der Waals surface area contributed by atoms with Crippen LogP contribution in [0.25, 0.3) is 11.0 Å². The van der Waals surface area contributed by atoms with E-state index in [-0.39, 0.29) is 6.04 Å². The average Bonchev–Trinajstić information content (AvgIpc) is 2.95. The van der Waals surface area contributed by atoms with Gasteiger partial charge in [-0.1, -0.05) is 41.9 Å². The second-order valence-corrected chi connectivity index (χ2v) is 7.16. The minimum absolute atomic E-state index is 0.181. The van der Waals surface area contributed by atoms with E-state index in [0.717, 1.165) is 22.5 Å². The monoisotopic (exact) mass is 376 g/mol. The first kappa shape index (κ1) is 17.6. The molecule has 27 heavy (non-hydrogen) atoms. The summed E-state index contributed by atoms with van der Waals surface area (Å²) in [7, 11) is 0. The molecule has 5 heteroatoms. The molecule has 1 N–H and O–H groups in total. The highest BCUT2D eigenvalue weighted by atomic mass is 35.5. The summed E-state index contributed by atoms with van der Waals surface area (Å²) in [5.74, 6) is 0.807. The van der Waals surface area contributed by atoms with Gasteiger partial charge < -0.3 is 9.88 Å². The van der Waals surface area contributed by atoms with E-state index < -0.39 is 0 Å². The van der Waals surface area contributed by atoms with Crippen LogP contribution in [0.3, 0.4) is 0 Å². The highest BCUT2D eigenvalue weighted by Crippen LogP contribution is 2.34. The lowest BCUT2D eigenvalue weighted by Gasteiger charge is -2.17. The van der Waals surface area contributed by atoms with E-state index in [1.165, 1.54) is 16.8 Å². The van der Waals surface area contributed by atoms with E-state index in [4.69, 9.17) is 11.6 Å². The molecule has 0 aliphatic rings. The third kappa shape index (κ3) is 3.17. The first-order chi connectivity index (χ1) is 13.1. The molecule has 2 heterocycles. The van der Waals surface area contributed by atoms with E-state index in [1.54, 1.807) is 6.33 Å². The van der Waals surface area contributed by atoms with Gasteiger partial charge in [-0.3, -0.25) is 0 Å². The summed E-state index contributed by atoms with van der Waals surface area (Å²) < 4.78 is 2.29. The molecule has 2 aromatic heterocycles. The van der Waals surface area contributed by atoms with E-state index in [2.05, 4.69) is 64.9 Å². The van der Waals surface area contributed by atoms with Crippen LogP contribution in [-0.4, -0.2) is 14.5 Å². The largest absolute Gasteiger partial charge is 0.340 e. The van der Waals surface area contributed by atoms with Crippen LogP contribution < -0.4 is 5.32 Å². The Hall–Kier alpha value is -2.85. The van der Waals surface area contributed by atoms with E-state index in [1.807, 2.05) is 30.3 Å². The number of benzene rings is 2. The molecule has 1 atom stereocenters. The van der Waals surface area contributed by atoms with Gasteiger partial charge in [0.25, 0.3) is 0 Å². The Bertz CT molecular complexity index is 1080. The molecule has 4 aromatic rings. The van der Waals surface area contributed by atoms with Crippen LogP contribution in [0.4, 0.5) is 11.5 Å². The molecular weight excluding hydrogens is 356 g/mol. The number of hydrogen-bond acceptors (Lipinski definition) is 3. The molecule has 0 aliphatic heterocycles. The molecule has 0 saturated carbocycles. The first-order valence-corrected chi connectivity index (χ1v) is 9.33. The highest BCUT2D eigenvalue weighted by Gasteiger charge is 2.20. The maximum absolute atomic E-state index is 6.00. The van der Waals surface area contributed by atoms with Crippen molar-refractivity contribution in [2.75, 3.05) is 5.32 Å². The van der Waals surface area contributed by atoms with Gasteiger partial charge >= 0.3 is 0 Å². The quantitative estimate of drug-likeness (QED) is 0.471. The number of nitrogens with zero attached hydrogens (tertiary/aromatic N) is 3. The summed E-state index contributed by atoms with van der Waals surface area (Å²) in [6.45, 7) is 6.47. The fourth-order valence-electron chi connectivity index (χ4n) is 3.54. The van der Waals surface area contributed by atoms with Crippen molar-refractivity contribution in [1.82, 2.24) is 14.5 Å². The number of nitrogens with one attached hydrogen (secondary N) is 1. The molecule has 0 spiro atoms. The first-order valence-electron chi connectivity index (χ1n) is 8.96. The van der Waals surface area contributed by atoms with Gasteiger partial charge in [0.05, 0.1) is 11.4 Å². The normalized spacial score (nSPS) is 12.3. The molecule has 1 unspecified atom stereocenters. The van der Waals surface area contributed by atoms with Crippen molar-refractivity contribution < 1.29 is 0 Å². The minimum atomic E-state index is 0.181. The zero-order chi connectivity index (χ0) is 19.0.